The fourth-order valence-corrected chi connectivity index (χ4v) is 2.97. The van der Waals surface area contributed by atoms with Gasteiger partial charge in [0.25, 0.3) is 0 Å². The summed E-state index contributed by atoms with van der Waals surface area (Å²) in [4.78, 5) is 12.5. The quantitative estimate of drug-likeness (QED) is 0.759. The highest BCUT2D eigenvalue weighted by Crippen LogP contribution is 2.47. The fourth-order valence-electron chi connectivity index (χ4n) is 2.97. The standard InChI is InChI=1S/C17H16O4/c1-8-6-12-13(9(2)15(8)18)17(20)11-5-4-10(7-21-3)16(19)14(11)12/h4-6,18-19H,7H2,1-3H3. The van der Waals surface area contributed by atoms with Crippen LogP contribution in [0.3, 0.4) is 0 Å². The van der Waals surface area contributed by atoms with E-state index in [0.29, 0.717) is 38.9 Å². The number of carbonyl (C=O) groups is 1. The van der Waals surface area contributed by atoms with Gasteiger partial charge in [-0.05, 0) is 37.1 Å². The molecule has 4 nitrogen and oxygen atoms in total. The number of phenols is 2. The summed E-state index contributed by atoms with van der Waals surface area (Å²) < 4.78 is 5.06. The number of methoxy groups -OCH3 is 1. The molecule has 3 rings (SSSR count). The van der Waals surface area contributed by atoms with Crippen LogP contribution in [0, 0.1) is 13.8 Å². The Morgan fingerprint density at radius 2 is 1.76 bits per heavy atom. The lowest BCUT2D eigenvalue weighted by Gasteiger charge is -2.11. The molecule has 4 heteroatoms. The molecule has 0 saturated heterocycles. The Labute approximate surface area is 122 Å². The summed E-state index contributed by atoms with van der Waals surface area (Å²) in [6.07, 6.45) is 0. The van der Waals surface area contributed by atoms with Gasteiger partial charge in [0.15, 0.2) is 5.78 Å². The number of aromatic hydroxyl groups is 2. The topological polar surface area (TPSA) is 66.8 Å². The highest BCUT2D eigenvalue weighted by atomic mass is 16.5. The molecule has 0 radical (unpaired) electrons. The lowest BCUT2D eigenvalue weighted by atomic mass is 9.96. The molecule has 2 N–H and O–H groups in total. The van der Waals surface area contributed by atoms with Crippen LogP contribution in [0.15, 0.2) is 18.2 Å². The van der Waals surface area contributed by atoms with Gasteiger partial charge in [-0.25, -0.2) is 0 Å². The van der Waals surface area contributed by atoms with Gasteiger partial charge in [-0.3, -0.25) is 4.79 Å². The van der Waals surface area contributed by atoms with E-state index in [4.69, 9.17) is 4.74 Å². The number of rotatable bonds is 2. The smallest absolute Gasteiger partial charge is 0.194 e. The molecular weight excluding hydrogens is 268 g/mol. The van der Waals surface area contributed by atoms with Gasteiger partial charge in [0.2, 0.25) is 0 Å². The molecule has 0 unspecified atom stereocenters. The Kier molecular flexibility index (Phi) is 2.99. The van der Waals surface area contributed by atoms with Crippen LogP contribution < -0.4 is 0 Å². The maximum atomic E-state index is 12.5. The van der Waals surface area contributed by atoms with Crippen molar-refractivity contribution in [2.45, 2.75) is 20.5 Å². The molecule has 2 aromatic carbocycles. The Morgan fingerprint density at radius 3 is 2.43 bits per heavy atom. The third-order valence-electron chi connectivity index (χ3n) is 4.04. The average molecular weight is 284 g/mol. The van der Waals surface area contributed by atoms with Crippen molar-refractivity contribution in [3.05, 3.63) is 46.0 Å². The summed E-state index contributed by atoms with van der Waals surface area (Å²) in [6.45, 7) is 3.78. The largest absolute Gasteiger partial charge is 0.507 e. The lowest BCUT2D eigenvalue weighted by Crippen LogP contribution is -1.99. The zero-order valence-electron chi connectivity index (χ0n) is 12.2. The van der Waals surface area contributed by atoms with Crippen molar-refractivity contribution in [3.8, 4) is 22.6 Å². The molecule has 108 valence electrons. The van der Waals surface area contributed by atoms with E-state index < -0.39 is 0 Å². The average Bonchev–Trinajstić information content (AvgIpc) is 2.73. The van der Waals surface area contributed by atoms with Crippen LogP contribution in [0.2, 0.25) is 0 Å². The Balaban J connectivity index is 2.35. The molecule has 0 atom stereocenters. The van der Waals surface area contributed by atoms with Gasteiger partial charge in [-0.2, -0.15) is 0 Å². The SMILES string of the molecule is COCc1ccc2c(c1O)-c1cc(C)c(O)c(C)c1C2=O. The first kappa shape index (κ1) is 13.6. The summed E-state index contributed by atoms with van der Waals surface area (Å²) in [6, 6.07) is 5.15. The molecule has 21 heavy (non-hydrogen) atoms. The zero-order chi connectivity index (χ0) is 15.3. The molecule has 0 amide bonds. The predicted molar refractivity (Wildman–Crippen MR) is 78.8 cm³/mol. The van der Waals surface area contributed by atoms with E-state index in [-0.39, 0.29) is 23.9 Å². The first-order chi connectivity index (χ1) is 9.97. The first-order valence-corrected chi connectivity index (χ1v) is 6.69. The minimum absolute atomic E-state index is 0.0749. The maximum absolute atomic E-state index is 12.5. The highest BCUT2D eigenvalue weighted by Gasteiger charge is 2.33. The number of ether oxygens (including phenoxy) is 1. The van der Waals surface area contributed by atoms with E-state index in [1.807, 2.05) is 0 Å². The number of phenolic OH excluding ortho intramolecular Hbond substituents is 2. The minimum Gasteiger partial charge on any atom is -0.507 e. The number of hydrogen-bond donors (Lipinski definition) is 2. The van der Waals surface area contributed by atoms with Crippen LogP contribution in [0.5, 0.6) is 11.5 Å². The van der Waals surface area contributed by atoms with Crippen molar-refractivity contribution >= 4 is 5.78 Å². The fraction of sp³-hybridized carbons (Fsp3) is 0.235. The van der Waals surface area contributed by atoms with Crippen LogP contribution in [0.4, 0.5) is 0 Å². The predicted octanol–water partition coefficient (Wildman–Crippen LogP) is 3.07. The highest BCUT2D eigenvalue weighted by molar-refractivity contribution is 6.23. The Hall–Kier alpha value is -2.33. The Bertz CT molecular complexity index is 775. The monoisotopic (exact) mass is 284 g/mol. The van der Waals surface area contributed by atoms with E-state index >= 15 is 0 Å². The van der Waals surface area contributed by atoms with E-state index in [1.165, 1.54) is 0 Å². The second-order valence-corrected chi connectivity index (χ2v) is 5.35. The number of hydrogen-bond acceptors (Lipinski definition) is 4. The number of ketones is 1. The lowest BCUT2D eigenvalue weighted by molar-refractivity contribution is 0.104. The van der Waals surface area contributed by atoms with Gasteiger partial charge in [-0.15, -0.1) is 0 Å². The molecule has 0 aliphatic heterocycles. The van der Waals surface area contributed by atoms with Crippen LogP contribution >= 0.6 is 0 Å². The molecule has 1 aliphatic carbocycles. The second kappa shape index (κ2) is 4.60. The second-order valence-electron chi connectivity index (χ2n) is 5.35. The van der Waals surface area contributed by atoms with E-state index in [0.717, 1.165) is 0 Å². The van der Waals surface area contributed by atoms with Crippen LogP contribution in [0.1, 0.15) is 32.6 Å². The molecule has 0 aromatic heterocycles. The summed E-state index contributed by atoms with van der Waals surface area (Å²) in [7, 11) is 1.55. The van der Waals surface area contributed by atoms with Crippen molar-refractivity contribution in [3.63, 3.8) is 0 Å². The third-order valence-corrected chi connectivity index (χ3v) is 4.04. The van der Waals surface area contributed by atoms with Crippen LogP contribution in [-0.4, -0.2) is 23.1 Å². The summed E-state index contributed by atoms with van der Waals surface area (Å²) in [5, 5.41) is 20.5. The van der Waals surface area contributed by atoms with Crippen molar-refractivity contribution in [1.82, 2.24) is 0 Å². The minimum atomic E-state index is -0.160. The summed E-state index contributed by atoms with van der Waals surface area (Å²) in [5.41, 5.74) is 4.03. The van der Waals surface area contributed by atoms with E-state index in [9.17, 15) is 15.0 Å². The van der Waals surface area contributed by atoms with Gasteiger partial charge in [0, 0.05) is 34.9 Å². The number of carbonyl (C=O) groups excluding carboxylic acids is 1. The molecule has 2 aromatic rings. The van der Waals surface area contributed by atoms with Gasteiger partial charge < -0.3 is 14.9 Å². The van der Waals surface area contributed by atoms with Gasteiger partial charge in [0.1, 0.15) is 11.5 Å². The van der Waals surface area contributed by atoms with Gasteiger partial charge in [-0.1, -0.05) is 6.07 Å². The summed E-state index contributed by atoms with van der Waals surface area (Å²) >= 11 is 0. The molecule has 0 fully saturated rings. The molecule has 1 aliphatic rings. The van der Waals surface area contributed by atoms with Crippen LogP contribution in [-0.2, 0) is 11.3 Å². The zero-order valence-corrected chi connectivity index (χ0v) is 12.2. The normalized spacial score (nSPS) is 12.4. The van der Waals surface area contributed by atoms with Crippen molar-refractivity contribution in [2.75, 3.05) is 7.11 Å². The van der Waals surface area contributed by atoms with Crippen molar-refractivity contribution in [1.29, 1.82) is 0 Å². The molecule has 0 saturated carbocycles. The van der Waals surface area contributed by atoms with Gasteiger partial charge >= 0.3 is 0 Å². The number of aryl methyl sites for hydroxylation is 1. The number of benzene rings is 2. The van der Waals surface area contributed by atoms with E-state index in [1.54, 1.807) is 39.2 Å². The maximum Gasteiger partial charge on any atom is 0.194 e. The molecule has 0 heterocycles. The molecular formula is C17H16O4. The van der Waals surface area contributed by atoms with Gasteiger partial charge in [0.05, 0.1) is 6.61 Å². The molecule has 0 bridgehead atoms. The molecule has 0 spiro atoms. The Morgan fingerprint density at radius 1 is 1.05 bits per heavy atom. The van der Waals surface area contributed by atoms with Crippen molar-refractivity contribution < 1.29 is 19.7 Å². The summed E-state index contributed by atoms with van der Waals surface area (Å²) in [5.74, 6) is 0.0458. The third kappa shape index (κ3) is 1.76. The van der Waals surface area contributed by atoms with Crippen molar-refractivity contribution in [2.24, 2.45) is 0 Å². The van der Waals surface area contributed by atoms with Crippen LogP contribution in [0.25, 0.3) is 11.1 Å². The first-order valence-electron chi connectivity index (χ1n) is 6.69. The number of fused-ring (bicyclic) bond motifs is 3. The van der Waals surface area contributed by atoms with E-state index in [2.05, 4.69) is 0 Å².